The summed E-state index contributed by atoms with van der Waals surface area (Å²) >= 11 is 0. The SMILES string of the molecule is Cc1noc(C)c1CCCNC(=O)c1cc(=O)[nH]c2ccc(F)cc12. The second kappa shape index (κ2) is 6.88. The summed E-state index contributed by atoms with van der Waals surface area (Å²) in [5, 5.41) is 7.05. The fraction of sp³-hybridized carbons (Fsp3) is 0.278. The highest BCUT2D eigenvalue weighted by atomic mass is 19.1. The first-order valence-electron chi connectivity index (χ1n) is 7.98. The van der Waals surface area contributed by atoms with Gasteiger partial charge in [0.1, 0.15) is 11.6 Å². The molecular weight excluding hydrogens is 325 g/mol. The van der Waals surface area contributed by atoms with Crippen LogP contribution < -0.4 is 10.9 Å². The van der Waals surface area contributed by atoms with Crippen molar-refractivity contribution in [2.45, 2.75) is 26.7 Å². The Morgan fingerprint density at radius 1 is 1.32 bits per heavy atom. The number of hydrogen-bond acceptors (Lipinski definition) is 4. The Hall–Kier alpha value is -2.96. The van der Waals surface area contributed by atoms with Gasteiger partial charge in [0.05, 0.1) is 11.3 Å². The lowest BCUT2D eigenvalue weighted by atomic mass is 10.1. The molecule has 130 valence electrons. The van der Waals surface area contributed by atoms with Crippen molar-refractivity contribution in [3.8, 4) is 0 Å². The van der Waals surface area contributed by atoms with E-state index in [4.69, 9.17) is 4.52 Å². The zero-order valence-electron chi connectivity index (χ0n) is 14.0. The van der Waals surface area contributed by atoms with Crippen LogP contribution in [0.2, 0.25) is 0 Å². The predicted molar refractivity (Wildman–Crippen MR) is 91.2 cm³/mol. The quantitative estimate of drug-likeness (QED) is 0.697. The summed E-state index contributed by atoms with van der Waals surface area (Å²) in [6.07, 6.45) is 1.43. The zero-order valence-corrected chi connectivity index (χ0v) is 14.0. The Morgan fingerprint density at radius 3 is 2.84 bits per heavy atom. The van der Waals surface area contributed by atoms with Crippen molar-refractivity contribution in [1.82, 2.24) is 15.5 Å². The second-order valence-corrected chi connectivity index (χ2v) is 5.90. The number of benzene rings is 1. The smallest absolute Gasteiger partial charge is 0.252 e. The van der Waals surface area contributed by atoms with E-state index in [-0.39, 0.29) is 5.56 Å². The van der Waals surface area contributed by atoms with Crippen LogP contribution in [0.1, 0.15) is 33.8 Å². The van der Waals surface area contributed by atoms with Gasteiger partial charge in [0.2, 0.25) is 5.56 Å². The maximum absolute atomic E-state index is 13.5. The molecule has 2 aromatic heterocycles. The zero-order chi connectivity index (χ0) is 18.0. The van der Waals surface area contributed by atoms with E-state index < -0.39 is 17.3 Å². The van der Waals surface area contributed by atoms with Crippen LogP contribution in [0.15, 0.2) is 33.6 Å². The third kappa shape index (κ3) is 3.60. The largest absolute Gasteiger partial charge is 0.361 e. The fourth-order valence-electron chi connectivity index (χ4n) is 2.83. The van der Waals surface area contributed by atoms with Crippen molar-refractivity contribution >= 4 is 16.8 Å². The van der Waals surface area contributed by atoms with E-state index in [2.05, 4.69) is 15.5 Å². The molecule has 6 nitrogen and oxygen atoms in total. The Bertz CT molecular complexity index is 971. The molecule has 0 aliphatic carbocycles. The monoisotopic (exact) mass is 343 g/mol. The van der Waals surface area contributed by atoms with Gasteiger partial charge in [0.25, 0.3) is 5.91 Å². The van der Waals surface area contributed by atoms with E-state index in [9.17, 15) is 14.0 Å². The molecule has 1 aromatic carbocycles. The van der Waals surface area contributed by atoms with Crippen LogP contribution in [-0.4, -0.2) is 22.6 Å². The average Bonchev–Trinajstić information content (AvgIpc) is 2.89. The molecule has 0 radical (unpaired) electrons. The maximum atomic E-state index is 13.5. The van der Waals surface area contributed by atoms with Crippen molar-refractivity contribution in [2.24, 2.45) is 0 Å². The summed E-state index contributed by atoms with van der Waals surface area (Å²) in [5.74, 6) is -0.0904. The lowest BCUT2D eigenvalue weighted by Gasteiger charge is -2.08. The number of fused-ring (bicyclic) bond motifs is 1. The van der Waals surface area contributed by atoms with Crippen molar-refractivity contribution in [2.75, 3.05) is 6.54 Å². The lowest BCUT2D eigenvalue weighted by Crippen LogP contribution is -2.26. The topological polar surface area (TPSA) is 88.0 Å². The number of rotatable bonds is 5. The van der Waals surface area contributed by atoms with Gasteiger partial charge < -0.3 is 14.8 Å². The van der Waals surface area contributed by atoms with Gasteiger partial charge in [-0.2, -0.15) is 0 Å². The van der Waals surface area contributed by atoms with Crippen LogP contribution >= 0.6 is 0 Å². The number of aryl methyl sites for hydroxylation is 2. The minimum Gasteiger partial charge on any atom is -0.361 e. The van der Waals surface area contributed by atoms with Crippen molar-refractivity contribution in [1.29, 1.82) is 0 Å². The van der Waals surface area contributed by atoms with Crippen LogP contribution in [0.4, 0.5) is 4.39 Å². The molecular formula is C18H18FN3O3. The first-order chi connectivity index (χ1) is 12.0. The highest BCUT2D eigenvalue weighted by Gasteiger charge is 2.13. The molecule has 3 rings (SSSR count). The van der Waals surface area contributed by atoms with E-state index in [0.717, 1.165) is 23.4 Å². The van der Waals surface area contributed by atoms with Crippen LogP contribution in [0, 0.1) is 19.7 Å². The van der Waals surface area contributed by atoms with Crippen molar-refractivity contribution in [3.05, 3.63) is 63.0 Å². The Balaban J connectivity index is 1.70. The minimum atomic E-state index is -0.466. The highest BCUT2D eigenvalue weighted by Crippen LogP contribution is 2.17. The summed E-state index contributed by atoms with van der Waals surface area (Å²) in [6.45, 7) is 4.15. The highest BCUT2D eigenvalue weighted by molar-refractivity contribution is 6.05. The number of H-pyrrole nitrogens is 1. The van der Waals surface area contributed by atoms with Crippen molar-refractivity contribution in [3.63, 3.8) is 0 Å². The van der Waals surface area contributed by atoms with Gasteiger partial charge in [-0.05, 0) is 44.9 Å². The molecule has 2 N–H and O–H groups in total. The molecule has 0 aliphatic heterocycles. The molecule has 0 aliphatic rings. The van der Waals surface area contributed by atoms with Gasteiger partial charge in [-0.15, -0.1) is 0 Å². The molecule has 0 bridgehead atoms. The van der Waals surface area contributed by atoms with Crippen LogP contribution in [0.3, 0.4) is 0 Å². The van der Waals surface area contributed by atoms with Gasteiger partial charge in [-0.3, -0.25) is 9.59 Å². The number of amides is 1. The molecule has 0 unspecified atom stereocenters. The minimum absolute atomic E-state index is 0.163. The number of aromatic nitrogens is 2. The first kappa shape index (κ1) is 16.9. The summed E-state index contributed by atoms with van der Waals surface area (Å²) in [6, 6.07) is 5.11. The number of nitrogens with zero attached hydrogens (tertiary/aromatic N) is 1. The van der Waals surface area contributed by atoms with E-state index >= 15 is 0 Å². The molecule has 25 heavy (non-hydrogen) atoms. The molecule has 7 heteroatoms. The van der Waals surface area contributed by atoms with Gasteiger partial charge >= 0.3 is 0 Å². The molecule has 0 atom stereocenters. The fourth-order valence-corrected chi connectivity index (χ4v) is 2.83. The lowest BCUT2D eigenvalue weighted by molar-refractivity contribution is 0.0954. The van der Waals surface area contributed by atoms with Crippen LogP contribution in [0.25, 0.3) is 10.9 Å². The van der Waals surface area contributed by atoms with E-state index in [1.54, 1.807) is 0 Å². The van der Waals surface area contributed by atoms with E-state index in [1.165, 1.54) is 24.3 Å². The number of aromatic amines is 1. The maximum Gasteiger partial charge on any atom is 0.252 e. The second-order valence-electron chi connectivity index (χ2n) is 5.90. The number of pyridine rings is 1. The third-order valence-electron chi connectivity index (χ3n) is 4.12. The molecule has 2 heterocycles. The third-order valence-corrected chi connectivity index (χ3v) is 4.12. The van der Waals surface area contributed by atoms with Gasteiger partial charge in [0.15, 0.2) is 0 Å². The van der Waals surface area contributed by atoms with E-state index in [0.29, 0.717) is 23.9 Å². The van der Waals surface area contributed by atoms with E-state index in [1.807, 2.05) is 13.8 Å². The van der Waals surface area contributed by atoms with Gasteiger partial charge in [0, 0.05) is 29.1 Å². The first-order valence-corrected chi connectivity index (χ1v) is 7.98. The molecule has 0 saturated heterocycles. The Kier molecular flexibility index (Phi) is 4.65. The normalized spacial score (nSPS) is 11.0. The number of carbonyl (C=O) groups excluding carboxylic acids is 1. The number of nitrogens with one attached hydrogen (secondary N) is 2. The molecule has 0 spiro atoms. The molecule has 0 saturated carbocycles. The number of halogens is 1. The predicted octanol–water partition coefficient (Wildman–Crippen LogP) is 2.63. The number of hydrogen-bond donors (Lipinski definition) is 2. The Labute approximate surface area is 143 Å². The van der Waals surface area contributed by atoms with Crippen LogP contribution in [0.5, 0.6) is 0 Å². The van der Waals surface area contributed by atoms with Gasteiger partial charge in [-0.1, -0.05) is 5.16 Å². The molecule has 3 aromatic rings. The summed E-state index contributed by atoms with van der Waals surface area (Å²) < 4.78 is 18.6. The summed E-state index contributed by atoms with van der Waals surface area (Å²) in [4.78, 5) is 26.7. The van der Waals surface area contributed by atoms with Crippen LogP contribution in [-0.2, 0) is 6.42 Å². The molecule has 1 amide bonds. The van der Waals surface area contributed by atoms with Crippen molar-refractivity contribution < 1.29 is 13.7 Å². The van der Waals surface area contributed by atoms with Gasteiger partial charge in [-0.25, -0.2) is 4.39 Å². The number of carbonyl (C=O) groups is 1. The summed E-state index contributed by atoms with van der Waals surface area (Å²) in [5.41, 5.74) is 2.07. The summed E-state index contributed by atoms with van der Waals surface area (Å²) in [7, 11) is 0. The standard InChI is InChI=1S/C18H18FN3O3/c1-10-13(11(2)25-22-10)4-3-7-20-18(24)15-9-17(23)21-16-6-5-12(19)8-14(15)16/h5-6,8-9H,3-4,7H2,1-2H3,(H,20,24)(H,21,23). The Morgan fingerprint density at radius 2 is 2.12 bits per heavy atom. The average molecular weight is 343 g/mol. The molecule has 0 fully saturated rings.